The largest absolute Gasteiger partial charge is 0.497 e. The Bertz CT molecular complexity index is 1270. The Hall–Kier alpha value is -3.67. The van der Waals surface area contributed by atoms with Crippen LogP contribution < -0.4 is 14.9 Å². The van der Waals surface area contributed by atoms with Crippen molar-refractivity contribution in [3.8, 4) is 11.5 Å². The lowest BCUT2D eigenvalue weighted by molar-refractivity contribution is -0.121. The van der Waals surface area contributed by atoms with Crippen LogP contribution in [0.4, 0.5) is 0 Å². The summed E-state index contributed by atoms with van der Waals surface area (Å²) in [5.41, 5.74) is 3.69. The van der Waals surface area contributed by atoms with Crippen LogP contribution in [0.1, 0.15) is 126 Å². The summed E-state index contributed by atoms with van der Waals surface area (Å²) >= 11 is 0. The standard InChI is InChI=1S/C37H50N2O4/c1-3-4-5-6-7-8-9-10-11-12-13-14-15-16-17-22-36(40)39-38-29-34-33-21-19-18-20-30(33)25-28-35(34)43-37(41)31-23-26-32(42-2)27-24-31/h18-21,23-29H,3-17,22H2,1-2H3,(H,39,40)/b38-29-. The van der Waals surface area contributed by atoms with Crippen molar-refractivity contribution in [3.63, 3.8) is 0 Å². The van der Waals surface area contributed by atoms with E-state index in [4.69, 9.17) is 9.47 Å². The van der Waals surface area contributed by atoms with Gasteiger partial charge < -0.3 is 9.47 Å². The maximum absolute atomic E-state index is 12.8. The summed E-state index contributed by atoms with van der Waals surface area (Å²) in [5, 5.41) is 6.07. The lowest BCUT2D eigenvalue weighted by Crippen LogP contribution is -2.17. The zero-order valence-electron chi connectivity index (χ0n) is 26.2. The van der Waals surface area contributed by atoms with Crippen molar-refractivity contribution < 1.29 is 19.1 Å². The molecular formula is C37H50N2O4. The average Bonchev–Trinajstić information content (AvgIpc) is 3.03. The van der Waals surface area contributed by atoms with E-state index in [1.54, 1.807) is 43.7 Å². The van der Waals surface area contributed by atoms with Crippen LogP contribution in [0, 0.1) is 0 Å². The van der Waals surface area contributed by atoms with Gasteiger partial charge >= 0.3 is 5.97 Å². The van der Waals surface area contributed by atoms with Gasteiger partial charge in [0.1, 0.15) is 11.5 Å². The quantitative estimate of drug-likeness (QED) is 0.0443. The first kappa shape index (κ1) is 33.8. The molecule has 0 aliphatic heterocycles. The van der Waals surface area contributed by atoms with E-state index in [-0.39, 0.29) is 5.91 Å². The van der Waals surface area contributed by atoms with Gasteiger partial charge in [0.2, 0.25) is 5.91 Å². The molecule has 1 amide bonds. The van der Waals surface area contributed by atoms with Crippen molar-refractivity contribution in [3.05, 3.63) is 71.8 Å². The van der Waals surface area contributed by atoms with Crippen molar-refractivity contribution in [1.82, 2.24) is 5.43 Å². The highest BCUT2D eigenvalue weighted by atomic mass is 16.5. The lowest BCUT2D eigenvalue weighted by atomic mass is 10.0. The van der Waals surface area contributed by atoms with Crippen LogP contribution in [0.25, 0.3) is 10.8 Å². The van der Waals surface area contributed by atoms with Crippen molar-refractivity contribution in [2.75, 3.05) is 7.11 Å². The molecule has 1 N–H and O–H groups in total. The topological polar surface area (TPSA) is 77.0 Å². The molecule has 232 valence electrons. The van der Waals surface area contributed by atoms with Gasteiger partial charge in [0, 0.05) is 12.0 Å². The van der Waals surface area contributed by atoms with Gasteiger partial charge in [0.05, 0.1) is 18.9 Å². The molecule has 3 rings (SSSR count). The first-order valence-corrected chi connectivity index (χ1v) is 16.3. The van der Waals surface area contributed by atoms with Gasteiger partial charge in [-0.2, -0.15) is 5.10 Å². The highest BCUT2D eigenvalue weighted by molar-refractivity contribution is 6.04. The second kappa shape index (κ2) is 20.3. The Morgan fingerprint density at radius 3 is 1.91 bits per heavy atom. The van der Waals surface area contributed by atoms with Gasteiger partial charge in [0.25, 0.3) is 0 Å². The Labute approximate surface area is 258 Å². The lowest BCUT2D eigenvalue weighted by Gasteiger charge is -2.11. The maximum Gasteiger partial charge on any atom is 0.343 e. The van der Waals surface area contributed by atoms with Crippen molar-refractivity contribution in [2.24, 2.45) is 5.10 Å². The number of carbonyl (C=O) groups excluding carboxylic acids is 2. The summed E-state index contributed by atoms with van der Waals surface area (Å²) in [6.45, 7) is 2.27. The van der Waals surface area contributed by atoms with Crippen LogP contribution in [-0.2, 0) is 4.79 Å². The van der Waals surface area contributed by atoms with Crippen LogP contribution >= 0.6 is 0 Å². The number of benzene rings is 3. The number of unbranched alkanes of at least 4 members (excludes halogenated alkanes) is 14. The summed E-state index contributed by atoms with van der Waals surface area (Å²) in [6, 6.07) is 18.2. The second-order valence-corrected chi connectivity index (χ2v) is 11.3. The van der Waals surface area contributed by atoms with E-state index in [2.05, 4.69) is 17.5 Å². The van der Waals surface area contributed by atoms with Crippen LogP contribution in [0.15, 0.2) is 65.8 Å². The summed E-state index contributed by atoms with van der Waals surface area (Å²) in [4.78, 5) is 25.2. The molecule has 0 fully saturated rings. The van der Waals surface area contributed by atoms with Crippen LogP contribution in [0.3, 0.4) is 0 Å². The van der Waals surface area contributed by atoms with E-state index < -0.39 is 5.97 Å². The highest BCUT2D eigenvalue weighted by Gasteiger charge is 2.14. The van der Waals surface area contributed by atoms with Crippen LogP contribution in [-0.4, -0.2) is 25.2 Å². The first-order valence-electron chi connectivity index (χ1n) is 16.3. The predicted octanol–water partition coefficient (Wildman–Crippen LogP) is 9.78. The number of nitrogens with one attached hydrogen (secondary N) is 1. The first-order chi connectivity index (χ1) is 21.1. The molecule has 0 spiro atoms. The van der Waals surface area contributed by atoms with E-state index >= 15 is 0 Å². The average molecular weight is 587 g/mol. The van der Waals surface area contributed by atoms with E-state index in [1.165, 1.54) is 83.5 Å². The highest BCUT2D eigenvalue weighted by Crippen LogP contribution is 2.28. The summed E-state index contributed by atoms with van der Waals surface area (Å²) in [7, 11) is 1.58. The van der Waals surface area contributed by atoms with E-state index in [9.17, 15) is 9.59 Å². The number of ether oxygens (including phenoxy) is 2. The minimum absolute atomic E-state index is 0.108. The SMILES string of the molecule is CCCCCCCCCCCCCCCCCC(=O)N/N=C\c1c(OC(=O)c2ccc(OC)cc2)ccc2ccccc12. The minimum atomic E-state index is -0.482. The predicted molar refractivity (Wildman–Crippen MR) is 177 cm³/mol. The molecule has 0 aliphatic rings. The number of hydrazone groups is 1. The van der Waals surface area contributed by atoms with Gasteiger partial charge in [-0.3, -0.25) is 4.79 Å². The molecule has 0 bridgehead atoms. The summed E-state index contributed by atoms with van der Waals surface area (Å²) < 4.78 is 10.9. The normalized spacial score (nSPS) is 11.2. The molecule has 6 heteroatoms. The fourth-order valence-electron chi connectivity index (χ4n) is 5.27. The van der Waals surface area contributed by atoms with Crippen molar-refractivity contribution in [2.45, 2.75) is 110 Å². The van der Waals surface area contributed by atoms with E-state index in [0.717, 1.165) is 23.6 Å². The molecule has 0 saturated heterocycles. The van der Waals surface area contributed by atoms with E-state index in [0.29, 0.717) is 29.0 Å². The smallest absolute Gasteiger partial charge is 0.343 e. The molecule has 43 heavy (non-hydrogen) atoms. The second-order valence-electron chi connectivity index (χ2n) is 11.3. The number of hydrogen-bond acceptors (Lipinski definition) is 5. The third-order valence-electron chi connectivity index (χ3n) is 7.85. The zero-order valence-corrected chi connectivity index (χ0v) is 26.2. The zero-order chi connectivity index (χ0) is 30.5. The molecular weight excluding hydrogens is 536 g/mol. The number of methoxy groups -OCH3 is 1. The van der Waals surface area contributed by atoms with E-state index in [1.807, 2.05) is 30.3 Å². The molecule has 0 radical (unpaired) electrons. The molecule has 0 atom stereocenters. The Kier molecular flexibility index (Phi) is 15.9. The van der Waals surface area contributed by atoms with Crippen molar-refractivity contribution in [1.29, 1.82) is 0 Å². The number of esters is 1. The number of nitrogens with zero attached hydrogens (tertiary/aromatic N) is 1. The van der Waals surface area contributed by atoms with Gasteiger partial charge in [-0.05, 0) is 47.5 Å². The summed E-state index contributed by atoms with van der Waals surface area (Å²) in [5.74, 6) is 0.447. The molecule has 0 saturated carbocycles. The number of carbonyl (C=O) groups is 2. The number of amides is 1. The van der Waals surface area contributed by atoms with Crippen LogP contribution in [0.2, 0.25) is 0 Å². The van der Waals surface area contributed by atoms with Gasteiger partial charge in [-0.15, -0.1) is 0 Å². The third-order valence-corrected chi connectivity index (χ3v) is 7.85. The maximum atomic E-state index is 12.8. The number of fused-ring (bicyclic) bond motifs is 1. The monoisotopic (exact) mass is 586 g/mol. The summed E-state index contributed by atoms with van der Waals surface area (Å²) in [6.07, 6.45) is 21.4. The Morgan fingerprint density at radius 1 is 0.721 bits per heavy atom. The van der Waals surface area contributed by atoms with Gasteiger partial charge in [-0.1, -0.05) is 127 Å². The Morgan fingerprint density at radius 2 is 1.30 bits per heavy atom. The number of rotatable bonds is 21. The van der Waals surface area contributed by atoms with Gasteiger partial charge in [-0.25, -0.2) is 10.2 Å². The molecule has 3 aromatic rings. The fourth-order valence-corrected chi connectivity index (χ4v) is 5.27. The van der Waals surface area contributed by atoms with Crippen molar-refractivity contribution >= 4 is 28.9 Å². The van der Waals surface area contributed by atoms with Gasteiger partial charge in [0.15, 0.2) is 0 Å². The molecule has 0 unspecified atom stereocenters. The Balaban J connectivity index is 1.36. The van der Waals surface area contributed by atoms with Crippen LogP contribution in [0.5, 0.6) is 11.5 Å². The minimum Gasteiger partial charge on any atom is -0.497 e. The fraction of sp³-hybridized carbons (Fsp3) is 0.486. The third kappa shape index (κ3) is 12.6. The molecule has 6 nitrogen and oxygen atoms in total. The molecule has 0 heterocycles. The number of hydrogen-bond donors (Lipinski definition) is 1. The molecule has 3 aromatic carbocycles. The molecule has 0 aliphatic carbocycles. The molecule has 0 aromatic heterocycles.